The summed E-state index contributed by atoms with van der Waals surface area (Å²) in [4.78, 5) is 0. The summed E-state index contributed by atoms with van der Waals surface area (Å²) < 4.78 is 0.428. The van der Waals surface area contributed by atoms with E-state index < -0.39 is 0 Å². The molecule has 0 amide bonds. The quantitative estimate of drug-likeness (QED) is 0.240. The standard InChI is InChI=1S/CH4IPS2/c2-1(4)5-3/h1,4H,3H2. The van der Waals surface area contributed by atoms with Crippen LogP contribution < -0.4 is 0 Å². The van der Waals surface area contributed by atoms with Crippen LogP contribution in [0.5, 0.6) is 0 Å². The van der Waals surface area contributed by atoms with E-state index in [9.17, 15) is 0 Å². The first-order chi connectivity index (χ1) is 2.27. The van der Waals surface area contributed by atoms with Gasteiger partial charge in [0.2, 0.25) is 0 Å². The van der Waals surface area contributed by atoms with E-state index in [0.29, 0.717) is 2.59 Å². The number of thiol groups is 1. The lowest BCUT2D eigenvalue weighted by Crippen LogP contribution is -1.60. The van der Waals surface area contributed by atoms with E-state index in [1.54, 1.807) is 11.4 Å². The predicted molar refractivity (Wildman–Crippen MR) is 44.1 cm³/mol. The van der Waals surface area contributed by atoms with Gasteiger partial charge in [0, 0.05) is 0 Å². The Labute approximate surface area is 57.4 Å². The van der Waals surface area contributed by atoms with Crippen molar-refractivity contribution in [1.29, 1.82) is 0 Å². The molecular formula is CH4IPS2. The first kappa shape index (κ1) is 6.86. The van der Waals surface area contributed by atoms with E-state index in [1.165, 1.54) is 0 Å². The van der Waals surface area contributed by atoms with E-state index in [4.69, 9.17) is 0 Å². The van der Waals surface area contributed by atoms with Crippen LogP contribution in [-0.2, 0) is 0 Å². The first-order valence-electron chi connectivity index (χ1n) is 0.948. The third kappa shape index (κ3) is 5.86. The molecule has 0 saturated carbocycles. The number of hydrogen-bond donors (Lipinski definition) is 1. The molecule has 0 aromatic carbocycles. The highest BCUT2D eigenvalue weighted by Gasteiger charge is 1.84. The summed E-state index contributed by atoms with van der Waals surface area (Å²) in [5.41, 5.74) is 0. The van der Waals surface area contributed by atoms with Crippen LogP contribution in [0.4, 0.5) is 0 Å². The Bertz CT molecular complexity index is 23.6. The zero-order valence-corrected chi connectivity index (χ0v) is 7.41. The zero-order chi connectivity index (χ0) is 4.28. The van der Waals surface area contributed by atoms with Crippen LogP contribution >= 0.6 is 55.0 Å². The fraction of sp³-hybridized carbons (Fsp3) is 1.00. The summed E-state index contributed by atoms with van der Waals surface area (Å²) in [6.07, 6.45) is 0. The second-order valence-electron chi connectivity index (χ2n) is 0.428. The van der Waals surface area contributed by atoms with Crippen molar-refractivity contribution in [3.05, 3.63) is 0 Å². The highest BCUT2D eigenvalue weighted by molar-refractivity contribution is 14.1. The summed E-state index contributed by atoms with van der Waals surface area (Å²) in [6, 6.07) is 0. The summed E-state index contributed by atoms with van der Waals surface area (Å²) in [5.74, 6) is 0. The van der Waals surface area contributed by atoms with Crippen LogP contribution in [0.25, 0.3) is 0 Å². The van der Waals surface area contributed by atoms with Gasteiger partial charge in [-0.15, -0.1) is 11.4 Å². The maximum absolute atomic E-state index is 4.03. The Morgan fingerprint density at radius 3 is 2.20 bits per heavy atom. The van der Waals surface area contributed by atoms with E-state index in [1.807, 2.05) is 0 Å². The third-order valence-corrected chi connectivity index (χ3v) is 4.75. The maximum Gasteiger partial charge on any atom is 0.102 e. The van der Waals surface area contributed by atoms with Crippen molar-refractivity contribution in [3.8, 4) is 0 Å². The number of rotatable bonds is 1. The van der Waals surface area contributed by atoms with Crippen LogP contribution in [0.3, 0.4) is 0 Å². The van der Waals surface area contributed by atoms with E-state index in [2.05, 4.69) is 43.7 Å². The van der Waals surface area contributed by atoms with Gasteiger partial charge in [0.25, 0.3) is 0 Å². The highest BCUT2D eigenvalue weighted by Crippen LogP contribution is 2.26. The first-order valence-corrected chi connectivity index (χ1v) is 5.07. The molecular weight excluding hydrogens is 234 g/mol. The molecule has 0 heterocycles. The molecule has 0 bridgehead atoms. The molecule has 0 aromatic heterocycles. The van der Waals surface area contributed by atoms with Crippen molar-refractivity contribution >= 4 is 55.0 Å². The molecule has 0 spiro atoms. The summed E-state index contributed by atoms with van der Waals surface area (Å²) in [6.45, 7) is 0. The zero-order valence-electron chi connectivity index (χ0n) is 2.39. The van der Waals surface area contributed by atoms with E-state index in [-0.39, 0.29) is 0 Å². The molecule has 0 N–H and O–H groups in total. The van der Waals surface area contributed by atoms with Crippen molar-refractivity contribution in [3.63, 3.8) is 0 Å². The fourth-order valence-corrected chi connectivity index (χ4v) is 0. The van der Waals surface area contributed by atoms with Crippen molar-refractivity contribution < 1.29 is 0 Å². The number of alkyl halides is 1. The van der Waals surface area contributed by atoms with Crippen molar-refractivity contribution in [1.82, 2.24) is 0 Å². The van der Waals surface area contributed by atoms with Gasteiger partial charge in [0.15, 0.2) is 0 Å². The molecule has 0 nitrogen and oxygen atoms in total. The molecule has 4 heteroatoms. The van der Waals surface area contributed by atoms with Gasteiger partial charge < -0.3 is 0 Å². The van der Waals surface area contributed by atoms with Gasteiger partial charge in [-0.2, -0.15) is 12.6 Å². The molecule has 0 aliphatic rings. The minimum Gasteiger partial charge on any atom is -0.154 e. The molecule has 0 radical (unpaired) electrons. The minimum absolute atomic E-state index is 0.428. The molecule has 0 fully saturated rings. The summed E-state index contributed by atoms with van der Waals surface area (Å²) >= 11 is 7.89. The summed E-state index contributed by atoms with van der Waals surface area (Å²) in [5, 5.41) is 0. The Hall–Kier alpha value is 1.86. The average molecular weight is 238 g/mol. The molecule has 2 atom stereocenters. The van der Waals surface area contributed by atoms with Gasteiger partial charge in [0.1, 0.15) is 2.59 Å². The molecule has 0 aliphatic heterocycles. The molecule has 0 aromatic rings. The van der Waals surface area contributed by atoms with Crippen LogP contribution in [0.15, 0.2) is 0 Å². The monoisotopic (exact) mass is 238 g/mol. The molecule has 0 rings (SSSR count). The van der Waals surface area contributed by atoms with Gasteiger partial charge in [-0.1, -0.05) is 31.0 Å². The van der Waals surface area contributed by atoms with Crippen molar-refractivity contribution in [2.45, 2.75) is 2.59 Å². The van der Waals surface area contributed by atoms with Crippen LogP contribution in [0, 0.1) is 0 Å². The van der Waals surface area contributed by atoms with Gasteiger partial charge in [-0.3, -0.25) is 0 Å². The Balaban J connectivity index is 2.54. The second-order valence-corrected chi connectivity index (χ2v) is 5.93. The van der Waals surface area contributed by atoms with Gasteiger partial charge in [0.05, 0.1) is 0 Å². The molecule has 32 valence electrons. The van der Waals surface area contributed by atoms with Crippen LogP contribution in [-0.4, -0.2) is 2.59 Å². The van der Waals surface area contributed by atoms with Crippen molar-refractivity contribution in [2.75, 3.05) is 0 Å². The largest absolute Gasteiger partial charge is 0.154 e. The predicted octanol–water partition coefficient (Wildman–Crippen LogP) is 2.16. The average Bonchev–Trinajstić information content (AvgIpc) is 1.38. The lowest BCUT2D eigenvalue weighted by atomic mass is 11.9. The van der Waals surface area contributed by atoms with E-state index in [0.717, 1.165) is 0 Å². The third-order valence-electron chi connectivity index (χ3n) is 0.112. The SMILES string of the molecule is PSC(S)I. The Morgan fingerprint density at radius 2 is 2.20 bits per heavy atom. The Kier molecular flexibility index (Phi) is 5.53. The van der Waals surface area contributed by atoms with Gasteiger partial charge in [-0.05, 0) is 0 Å². The lowest BCUT2D eigenvalue weighted by Gasteiger charge is -1.87. The smallest absolute Gasteiger partial charge is 0.102 e. The van der Waals surface area contributed by atoms with Gasteiger partial charge in [-0.25, -0.2) is 0 Å². The maximum atomic E-state index is 4.03. The fourth-order valence-electron chi connectivity index (χ4n) is 0. The second kappa shape index (κ2) is 4.03. The highest BCUT2D eigenvalue weighted by atomic mass is 127. The topological polar surface area (TPSA) is 0 Å². The molecule has 0 aliphatic carbocycles. The molecule has 2 unspecified atom stereocenters. The normalized spacial score (nSPS) is 15.0. The lowest BCUT2D eigenvalue weighted by molar-refractivity contribution is 2.26. The van der Waals surface area contributed by atoms with Crippen molar-refractivity contribution in [2.24, 2.45) is 0 Å². The molecule has 0 saturated heterocycles. The summed E-state index contributed by atoms with van der Waals surface area (Å²) in [7, 11) is 2.53. The Morgan fingerprint density at radius 1 is 2.00 bits per heavy atom. The van der Waals surface area contributed by atoms with Gasteiger partial charge >= 0.3 is 0 Å². The van der Waals surface area contributed by atoms with Crippen LogP contribution in [0.2, 0.25) is 0 Å². The molecule has 5 heavy (non-hydrogen) atoms. The van der Waals surface area contributed by atoms with Crippen LogP contribution in [0.1, 0.15) is 0 Å². The minimum atomic E-state index is 0.428. The number of hydrogen-bond acceptors (Lipinski definition) is 2. The number of halogens is 1. The van der Waals surface area contributed by atoms with E-state index >= 15 is 0 Å².